The molecule has 0 unspecified atom stereocenters. The van der Waals surface area contributed by atoms with Crippen LogP contribution < -0.4 is 10.1 Å². The van der Waals surface area contributed by atoms with Gasteiger partial charge in [0, 0.05) is 24.2 Å². The zero-order valence-electron chi connectivity index (χ0n) is 15.0. The zero-order valence-corrected chi connectivity index (χ0v) is 15.0. The molecule has 4 heteroatoms. The van der Waals surface area contributed by atoms with Crippen molar-refractivity contribution in [3.63, 3.8) is 0 Å². The third-order valence-corrected chi connectivity index (χ3v) is 3.83. The molecule has 1 heterocycles. The van der Waals surface area contributed by atoms with Gasteiger partial charge in [-0.3, -0.25) is 9.78 Å². The predicted molar refractivity (Wildman–Crippen MR) is 105 cm³/mol. The third-order valence-electron chi connectivity index (χ3n) is 3.83. The van der Waals surface area contributed by atoms with E-state index in [-0.39, 0.29) is 12.0 Å². The Morgan fingerprint density at radius 1 is 1.15 bits per heavy atom. The van der Waals surface area contributed by atoms with Crippen LogP contribution in [0.15, 0.2) is 66.9 Å². The van der Waals surface area contributed by atoms with Gasteiger partial charge in [-0.25, -0.2) is 0 Å². The van der Waals surface area contributed by atoms with E-state index < -0.39 is 0 Å². The van der Waals surface area contributed by atoms with E-state index in [0.29, 0.717) is 6.54 Å². The second-order valence-electron chi connectivity index (χ2n) is 6.28. The number of pyridine rings is 1. The molecule has 0 spiro atoms. The minimum atomic E-state index is -0.138. The fraction of sp³-hybridized carbons (Fsp3) is 0.182. The molecule has 0 bridgehead atoms. The first-order chi connectivity index (χ1) is 12.6. The Morgan fingerprint density at radius 2 is 2.00 bits per heavy atom. The largest absolute Gasteiger partial charge is 0.491 e. The third kappa shape index (κ3) is 4.70. The summed E-state index contributed by atoms with van der Waals surface area (Å²) in [6, 6.07) is 17.5. The topological polar surface area (TPSA) is 51.2 Å². The minimum Gasteiger partial charge on any atom is -0.491 e. The van der Waals surface area contributed by atoms with Crippen LogP contribution in [0.25, 0.3) is 17.0 Å². The van der Waals surface area contributed by atoms with Gasteiger partial charge in [-0.1, -0.05) is 30.3 Å². The van der Waals surface area contributed by atoms with Gasteiger partial charge in [-0.2, -0.15) is 0 Å². The highest BCUT2D eigenvalue weighted by Crippen LogP contribution is 2.17. The summed E-state index contributed by atoms with van der Waals surface area (Å²) in [5.74, 6) is 0.673. The van der Waals surface area contributed by atoms with E-state index in [0.717, 1.165) is 27.8 Å². The molecule has 26 heavy (non-hydrogen) atoms. The number of aromatic nitrogens is 1. The molecule has 2 aromatic carbocycles. The second-order valence-corrected chi connectivity index (χ2v) is 6.28. The predicted octanol–water partition coefficient (Wildman–Crippen LogP) is 4.35. The molecule has 3 aromatic rings. The van der Waals surface area contributed by atoms with Crippen LogP contribution in [0.1, 0.15) is 25.0 Å². The number of rotatable bonds is 6. The highest BCUT2D eigenvalue weighted by Gasteiger charge is 2.02. The van der Waals surface area contributed by atoms with Crippen LogP contribution >= 0.6 is 0 Å². The van der Waals surface area contributed by atoms with Crippen molar-refractivity contribution in [3.05, 3.63) is 78.0 Å². The molecule has 132 valence electrons. The van der Waals surface area contributed by atoms with Gasteiger partial charge in [0.2, 0.25) is 5.91 Å². The molecule has 0 radical (unpaired) electrons. The molecular weight excluding hydrogens is 324 g/mol. The van der Waals surface area contributed by atoms with E-state index in [1.165, 1.54) is 0 Å². The maximum atomic E-state index is 12.1. The Bertz CT molecular complexity index is 927. The van der Waals surface area contributed by atoms with E-state index in [1.807, 2.05) is 74.5 Å². The van der Waals surface area contributed by atoms with Crippen molar-refractivity contribution < 1.29 is 9.53 Å². The highest BCUT2D eigenvalue weighted by atomic mass is 16.5. The lowest BCUT2D eigenvalue weighted by molar-refractivity contribution is -0.116. The lowest BCUT2D eigenvalue weighted by Crippen LogP contribution is -2.20. The number of nitrogens with one attached hydrogen (secondary N) is 1. The van der Waals surface area contributed by atoms with Gasteiger partial charge in [0.15, 0.2) is 0 Å². The van der Waals surface area contributed by atoms with E-state index >= 15 is 0 Å². The van der Waals surface area contributed by atoms with Gasteiger partial charge in [0.1, 0.15) is 5.75 Å². The second kappa shape index (κ2) is 8.30. The number of carbonyl (C=O) groups is 1. The first-order valence-corrected chi connectivity index (χ1v) is 8.67. The number of carbonyl (C=O) groups excluding carboxylic acids is 1. The molecule has 0 saturated carbocycles. The van der Waals surface area contributed by atoms with Crippen LogP contribution in [0.5, 0.6) is 5.75 Å². The normalized spacial score (nSPS) is 11.2. The van der Waals surface area contributed by atoms with E-state index in [9.17, 15) is 4.79 Å². The van der Waals surface area contributed by atoms with Crippen molar-refractivity contribution in [2.45, 2.75) is 26.5 Å². The van der Waals surface area contributed by atoms with Gasteiger partial charge in [0.25, 0.3) is 0 Å². The van der Waals surface area contributed by atoms with Crippen molar-refractivity contribution >= 4 is 22.9 Å². The van der Waals surface area contributed by atoms with Gasteiger partial charge >= 0.3 is 0 Å². The summed E-state index contributed by atoms with van der Waals surface area (Å²) in [7, 11) is 0. The van der Waals surface area contributed by atoms with Crippen LogP contribution in [0, 0.1) is 0 Å². The lowest BCUT2D eigenvalue weighted by atomic mass is 10.1. The summed E-state index contributed by atoms with van der Waals surface area (Å²) in [6.45, 7) is 4.43. The Balaban J connectivity index is 1.63. The van der Waals surface area contributed by atoms with Crippen LogP contribution in [0.3, 0.4) is 0 Å². The quantitative estimate of drug-likeness (QED) is 0.675. The fourth-order valence-electron chi connectivity index (χ4n) is 2.68. The molecule has 0 aliphatic heterocycles. The Labute approximate surface area is 153 Å². The summed E-state index contributed by atoms with van der Waals surface area (Å²) >= 11 is 0. The van der Waals surface area contributed by atoms with E-state index in [4.69, 9.17) is 4.74 Å². The summed E-state index contributed by atoms with van der Waals surface area (Å²) in [4.78, 5) is 16.5. The van der Waals surface area contributed by atoms with Crippen LogP contribution in [0.2, 0.25) is 0 Å². The van der Waals surface area contributed by atoms with Crippen LogP contribution in [-0.4, -0.2) is 17.0 Å². The number of hydrogen-bond donors (Lipinski definition) is 1. The van der Waals surface area contributed by atoms with Gasteiger partial charge in [0.05, 0.1) is 11.6 Å². The SMILES string of the molecule is CC(C)Oc1cccc(CNC(=O)/C=C/c2ccnc3ccccc23)c1. The first kappa shape index (κ1) is 17.7. The molecule has 1 N–H and O–H groups in total. The van der Waals surface area contributed by atoms with Crippen molar-refractivity contribution in [2.24, 2.45) is 0 Å². The molecule has 0 atom stereocenters. The number of nitrogens with zero attached hydrogens (tertiary/aromatic N) is 1. The monoisotopic (exact) mass is 346 g/mol. The number of hydrogen-bond acceptors (Lipinski definition) is 3. The number of ether oxygens (including phenoxy) is 1. The van der Waals surface area contributed by atoms with Crippen molar-refractivity contribution in [2.75, 3.05) is 0 Å². The van der Waals surface area contributed by atoms with Crippen LogP contribution in [0.4, 0.5) is 0 Å². The highest BCUT2D eigenvalue weighted by molar-refractivity contribution is 5.95. The van der Waals surface area contributed by atoms with Crippen molar-refractivity contribution in [3.8, 4) is 5.75 Å². The molecule has 0 fully saturated rings. The molecular formula is C22H22N2O2. The summed E-state index contributed by atoms with van der Waals surface area (Å²) in [6.07, 6.45) is 5.24. The Hall–Kier alpha value is -3.14. The molecule has 0 saturated heterocycles. The molecule has 1 aromatic heterocycles. The number of amides is 1. The minimum absolute atomic E-state index is 0.123. The van der Waals surface area contributed by atoms with Crippen molar-refractivity contribution in [1.29, 1.82) is 0 Å². The lowest BCUT2D eigenvalue weighted by Gasteiger charge is -2.11. The van der Waals surface area contributed by atoms with E-state index in [1.54, 1.807) is 12.3 Å². The standard InChI is InChI=1S/C22H22N2O2/c1-16(2)26-19-7-5-6-17(14-19)15-24-22(25)11-10-18-12-13-23-21-9-4-3-8-20(18)21/h3-14,16H,15H2,1-2H3,(H,24,25)/b11-10+. The number of fused-ring (bicyclic) bond motifs is 1. The number of para-hydroxylation sites is 1. The zero-order chi connectivity index (χ0) is 18.4. The van der Waals surface area contributed by atoms with Crippen molar-refractivity contribution in [1.82, 2.24) is 10.3 Å². The van der Waals surface area contributed by atoms with Gasteiger partial charge < -0.3 is 10.1 Å². The van der Waals surface area contributed by atoms with E-state index in [2.05, 4.69) is 10.3 Å². The Morgan fingerprint density at radius 3 is 2.85 bits per heavy atom. The molecule has 3 rings (SSSR count). The van der Waals surface area contributed by atoms with Gasteiger partial charge in [-0.05, 0) is 55.3 Å². The average Bonchev–Trinajstić information content (AvgIpc) is 2.64. The Kier molecular flexibility index (Phi) is 5.64. The molecule has 0 aliphatic carbocycles. The fourth-order valence-corrected chi connectivity index (χ4v) is 2.68. The average molecular weight is 346 g/mol. The maximum absolute atomic E-state index is 12.1. The summed E-state index contributed by atoms with van der Waals surface area (Å²) in [5.41, 5.74) is 2.88. The molecule has 1 amide bonds. The molecule has 0 aliphatic rings. The number of benzene rings is 2. The molecule has 4 nitrogen and oxygen atoms in total. The first-order valence-electron chi connectivity index (χ1n) is 8.67. The summed E-state index contributed by atoms with van der Waals surface area (Å²) in [5, 5.41) is 3.93. The van der Waals surface area contributed by atoms with Gasteiger partial charge in [-0.15, -0.1) is 0 Å². The maximum Gasteiger partial charge on any atom is 0.244 e. The smallest absolute Gasteiger partial charge is 0.244 e. The summed E-state index contributed by atoms with van der Waals surface area (Å²) < 4.78 is 5.68. The van der Waals surface area contributed by atoms with Crippen LogP contribution in [-0.2, 0) is 11.3 Å².